The van der Waals surface area contributed by atoms with Gasteiger partial charge >= 0.3 is 116 Å². The van der Waals surface area contributed by atoms with E-state index in [0.717, 1.165) is 0 Å². The van der Waals surface area contributed by atoms with Crippen LogP contribution in [0.1, 0.15) is 30.5 Å². The number of hydrogen-bond donors (Lipinski definition) is 0. The normalized spacial score (nSPS) is 15.1. The van der Waals surface area contributed by atoms with E-state index >= 15 is 0 Å². The van der Waals surface area contributed by atoms with Gasteiger partial charge in [0, 0.05) is 0 Å². The summed E-state index contributed by atoms with van der Waals surface area (Å²) in [6, 6.07) is 6.76. The van der Waals surface area contributed by atoms with E-state index in [-0.39, 0.29) is 46.4 Å². The Bertz CT molecular complexity index is 492. The summed E-state index contributed by atoms with van der Waals surface area (Å²) in [6.45, 7) is 9.06. The first-order valence-electron chi connectivity index (χ1n) is 6.07. The smallest absolute Gasteiger partial charge is 1.00 e. The fourth-order valence-corrected chi connectivity index (χ4v) is 3.03. The van der Waals surface area contributed by atoms with E-state index in [0.29, 0.717) is 0 Å². The van der Waals surface area contributed by atoms with Crippen LogP contribution in [0.15, 0.2) is 42.5 Å². The SMILES string of the molecule is Cc1ccc(C)c(C(C)(C)[C]2([Ti+3])C=CC=C2)c1.[Cl-].[Cl-].[Cl-]. The quantitative estimate of drug-likeness (QED) is 0.463. The maximum absolute atomic E-state index is 2.34. The Labute approximate surface area is 153 Å². The predicted molar refractivity (Wildman–Crippen MR) is 69.9 cm³/mol. The van der Waals surface area contributed by atoms with Crippen LogP contribution in [0, 0.1) is 13.8 Å². The summed E-state index contributed by atoms with van der Waals surface area (Å²) in [6.07, 6.45) is 8.95. The molecular formula is C16H19Cl3Ti. The molecule has 0 N–H and O–H groups in total. The first-order chi connectivity index (χ1) is 7.87. The first-order valence-corrected chi connectivity index (χ1v) is 6.85. The van der Waals surface area contributed by atoms with Gasteiger partial charge in [-0.3, -0.25) is 0 Å². The molecule has 0 saturated carbocycles. The molecule has 0 radical (unpaired) electrons. The second-order valence-corrected chi connectivity index (χ2v) is 6.82. The molecule has 0 heterocycles. The molecule has 0 nitrogen and oxygen atoms in total. The van der Waals surface area contributed by atoms with Crippen molar-refractivity contribution in [1.82, 2.24) is 0 Å². The van der Waals surface area contributed by atoms with Crippen LogP contribution < -0.4 is 37.2 Å². The molecule has 4 heteroatoms. The van der Waals surface area contributed by atoms with Crippen LogP contribution in [0.4, 0.5) is 0 Å². The van der Waals surface area contributed by atoms with Crippen LogP contribution in [0.3, 0.4) is 0 Å². The van der Waals surface area contributed by atoms with Crippen LogP contribution in [-0.2, 0) is 25.9 Å². The van der Waals surface area contributed by atoms with Crippen LogP contribution in [0.2, 0.25) is 3.72 Å². The van der Waals surface area contributed by atoms with E-state index in [9.17, 15) is 0 Å². The van der Waals surface area contributed by atoms with E-state index in [1.165, 1.54) is 16.7 Å². The summed E-state index contributed by atoms with van der Waals surface area (Å²) >= 11 is 2.31. The molecule has 0 saturated heterocycles. The molecule has 0 bridgehead atoms. The zero-order chi connectivity index (χ0) is 12.7. The first kappa shape index (κ1) is 22.6. The van der Waals surface area contributed by atoms with Gasteiger partial charge in [0.05, 0.1) is 0 Å². The number of rotatable bonds is 2. The van der Waals surface area contributed by atoms with Crippen LogP contribution in [-0.4, -0.2) is 0 Å². The number of halogens is 3. The van der Waals surface area contributed by atoms with Gasteiger partial charge in [0.25, 0.3) is 0 Å². The maximum Gasteiger partial charge on any atom is -1.00 e. The Morgan fingerprint density at radius 1 is 0.950 bits per heavy atom. The van der Waals surface area contributed by atoms with Gasteiger partial charge in [0.2, 0.25) is 0 Å². The van der Waals surface area contributed by atoms with E-state index in [4.69, 9.17) is 0 Å². The van der Waals surface area contributed by atoms with E-state index in [2.05, 4.69) is 90.6 Å². The molecule has 0 spiro atoms. The molecule has 20 heavy (non-hydrogen) atoms. The number of hydrogen-bond acceptors (Lipinski definition) is 0. The third-order valence-corrected chi connectivity index (χ3v) is 5.43. The van der Waals surface area contributed by atoms with E-state index in [1.54, 1.807) is 0 Å². The zero-order valence-electron chi connectivity index (χ0n) is 12.2. The van der Waals surface area contributed by atoms with E-state index in [1.807, 2.05) is 0 Å². The van der Waals surface area contributed by atoms with Crippen molar-refractivity contribution in [3.8, 4) is 0 Å². The Balaban J connectivity index is 0. The fraction of sp³-hybridized carbons (Fsp3) is 0.375. The van der Waals surface area contributed by atoms with Gasteiger partial charge in [0.15, 0.2) is 0 Å². The number of allylic oxidation sites excluding steroid dienone is 4. The standard InChI is InChI=1S/C16H19.3ClH.Ti/c1-12-9-10-13(2)15(11-12)16(3,4)14-7-5-6-8-14;;;;/h5-11H,1-4H3;3*1H;/q;;;;+3/p-3. The van der Waals surface area contributed by atoms with Crippen molar-refractivity contribution in [2.75, 3.05) is 0 Å². The monoisotopic (exact) mass is 364 g/mol. The third-order valence-electron chi connectivity index (χ3n) is 3.93. The van der Waals surface area contributed by atoms with Crippen molar-refractivity contribution in [2.45, 2.75) is 36.8 Å². The van der Waals surface area contributed by atoms with E-state index < -0.39 is 0 Å². The van der Waals surface area contributed by atoms with Crippen molar-refractivity contribution < 1.29 is 57.7 Å². The van der Waals surface area contributed by atoms with Crippen LogP contribution in [0.25, 0.3) is 0 Å². The molecule has 0 aromatic heterocycles. The molecule has 108 valence electrons. The molecule has 1 aliphatic carbocycles. The Hall–Kier alpha value is 0.284. The molecule has 0 fully saturated rings. The fourth-order valence-electron chi connectivity index (χ4n) is 2.52. The zero-order valence-corrected chi connectivity index (χ0v) is 16.0. The summed E-state index contributed by atoms with van der Waals surface area (Å²) < 4.78 is 0.117. The van der Waals surface area contributed by atoms with Crippen molar-refractivity contribution in [3.63, 3.8) is 0 Å². The van der Waals surface area contributed by atoms with Crippen LogP contribution >= 0.6 is 0 Å². The Kier molecular flexibility index (Phi) is 9.09. The molecule has 0 amide bonds. The van der Waals surface area contributed by atoms with Crippen molar-refractivity contribution in [2.24, 2.45) is 0 Å². The molecule has 0 aliphatic heterocycles. The summed E-state index contributed by atoms with van der Waals surface area (Å²) in [7, 11) is 0. The second-order valence-electron chi connectivity index (χ2n) is 5.53. The predicted octanol–water partition coefficient (Wildman–Crippen LogP) is -4.58. The number of benzene rings is 1. The number of aryl methyl sites for hydroxylation is 2. The molecule has 1 aliphatic rings. The maximum atomic E-state index is 2.34. The molecular weight excluding hydrogens is 346 g/mol. The van der Waals surface area contributed by atoms with Crippen molar-refractivity contribution in [3.05, 3.63) is 59.2 Å². The van der Waals surface area contributed by atoms with Gasteiger partial charge in [-0.15, -0.1) is 0 Å². The molecule has 0 unspecified atom stereocenters. The topological polar surface area (TPSA) is 0 Å². The van der Waals surface area contributed by atoms with Gasteiger partial charge in [-0.25, -0.2) is 0 Å². The third kappa shape index (κ3) is 3.93. The largest absolute Gasteiger partial charge is 1.00 e. The minimum atomic E-state index is 0. The average molecular weight is 366 g/mol. The average Bonchev–Trinajstić information content (AvgIpc) is 2.70. The van der Waals surface area contributed by atoms with Gasteiger partial charge in [0.1, 0.15) is 0 Å². The molecule has 2 rings (SSSR count). The molecule has 1 aromatic carbocycles. The van der Waals surface area contributed by atoms with Gasteiger partial charge in [-0.2, -0.15) is 0 Å². The van der Waals surface area contributed by atoms with Crippen molar-refractivity contribution >= 4 is 0 Å². The minimum absolute atomic E-state index is 0. The Morgan fingerprint density at radius 2 is 1.45 bits per heavy atom. The summed E-state index contributed by atoms with van der Waals surface area (Å²) in [4.78, 5) is 0. The second kappa shape index (κ2) is 8.06. The summed E-state index contributed by atoms with van der Waals surface area (Å²) in [5, 5.41) is 0. The van der Waals surface area contributed by atoms with Crippen molar-refractivity contribution in [1.29, 1.82) is 0 Å². The van der Waals surface area contributed by atoms with Gasteiger partial charge in [-0.05, 0) is 0 Å². The minimum Gasteiger partial charge on any atom is -1.00 e. The summed E-state index contributed by atoms with van der Waals surface area (Å²) in [5.74, 6) is 0. The summed E-state index contributed by atoms with van der Waals surface area (Å²) in [5.41, 5.74) is 4.30. The van der Waals surface area contributed by atoms with Crippen LogP contribution in [0.5, 0.6) is 0 Å². The molecule has 1 aromatic rings. The Morgan fingerprint density at radius 3 is 1.95 bits per heavy atom. The molecule has 0 atom stereocenters. The van der Waals surface area contributed by atoms with Gasteiger partial charge < -0.3 is 37.2 Å². The van der Waals surface area contributed by atoms with Gasteiger partial charge in [-0.1, -0.05) is 0 Å².